The first-order chi connectivity index (χ1) is 15.5. The van der Waals surface area contributed by atoms with Gasteiger partial charge < -0.3 is 14.2 Å². The topological polar surface area (TPSA) is 64.6 Å². The molecule has 0 radical (unpaired) electrons. The van der Waals surface area contributed by atoms with Gasteiger partial charge in [-0.25, -0.2) is 0 Å². The lowest BCUT2D eigenvalue weighted by atomic mass is 9.99. The Kier molecular flexibility index (Phi) is 7.35. The third kappa shape index (κ3) is 5.82. The number of hydrogen-bond donors (Lipinski definition) is 1. The predicted octanol–water partition coefficient (Wildman–Crippen LogP) is 5.08. The molecule has 1 heterocycles. The summed E-state index contributed by atoms with van der Waals surface area (Å²) in [4.78, 5) is -0.0628. The second-order valence-corrected chi connectivity index (χ2v) is 9.83. The summed E-state index contributed by atoms with van der Waals surface area (Å²) in [7, 11) is -4.06. The zero-order chi connectivity index (χ0) is 22.4. The van der Waals surface area contributed by atoms with Crippen LogP contribution in [0.25, 0.3) is 0 Å². The van der Waals surface area contributed by atoms with Crippen molar-refractivity contribution in [3.8, 4) is 11.5 Å². The van der Waals surface area contributed by atoms with Crippen molar-refractivity contribution in [1.29, 1.82) is 0 Å². The molecule has 0 aliphatic carbocycles. The third-order valence-electron chi connectivity index (χ3n) is 5.52. The lowest BCUT2D eigenvalue weighted by Crippen LogP contribution is -2.30. The number of hydrogen-bond acceptors (Lipinski definition) is 5. The number of rotatable bonds is 8. The van der Waals surface area contributed by atoms with Gasteiger partial charge in [0.2, 0.25) is 0 Å². The SMILES string of the molecule is O=S(=O)(Oc1ccc(Cc2ccccc2)c(OCC2CCNCC2)c1)c1ccccc1Cl. The summed E-state index contributed by atoms with van der Waals surface area (Å²) in [6, 6.07) is 21.5. The van der Waals surface area contributed by atoms with Gasteiger partial charge >= 0.3 is 10.1 Å². The first-order valence-corrected chi connectivity index (χ1v) is 12.5. The Morgan fingerprint density at radius 1 is 0.938 bits per heavy atom. The van der Waals surface area contributed by atoms with E-state index < -0.39 is 10.1 Å². The number of nitrogens with one attached hydrogen (secondary N) is 1. The van der Waals surface area contributed by atoms with Gasteiger partial charge in [0.1, 0.15) is 16.4 Å². The molecule has 4 rings (SSSR count). The maximum Gasteiger partial charge on any atom is 0.340 e. The van der Waals surface area contributed by atoms with E-state index in [9.17, 15) is 8.42 Å². The summed E-state index contributed by atoms with van der Waals surface area (Å²) in [6.45, 7) is 2.57. The fraction of sp³-hybridized carbons (Fsp3) is 0.280. The van der Waals surface area contributed by atoms with E-state index in [1.165, 1.54) is 12.1 Å². The van der Waals surface area contributed by atoms with Crippen LogP contribution in [0.1, 0.15) is 24.0 Å². The number of benzene rings is 3. The molecule has 3 aromatic rings. The Bertz CT molecular complexity index is 1150. The Labute approximate surface area is 194 Å². The smallest absolute Gasteiger partial charge is 0.340 e. The summed E-state index contributed by atoms with van der Waals surface area (Å²) in [5, 5.41) is 3.48. The zero-order valence-electron chi connectivity index (χ0n) is 17.7. The Hall–Kier alpha value is -2.54. The highest BCUT2D eigenvalue weighted by molar-refractivity contribution is 7.87. The first-order valence-electron chi connectivity index (χ1n) is 10.7. The van der Waals surface area contributed by atoms with Gasteiger partial charge in [-0.15, -0.1) is 0 Å². The van der Waals surface area contributed by atoms with Gasteiger partial charge in [0.15, 0.2) is 0 Å². The van der Waals surface area contributed by atoms with Crippen molar-refractivity contribution in [3.05, 3.63) is 88.9 Å². The van der Waals surface area contributed by atoms with E-state index in [0.29, 0.717) is 24.7 Å². The molecule has 0 bridgehead atoms. The highest BCUT2D eigenvalue weighted by atomic mass is 35.5. The highest BCUT2D eigenvalue weighted by Gasteiger charge is 2.21. The van der Waals surface area contributed by atoms with Crippen molar-refractivity contribution < 1.29 is 17.3 Å². The Morgan fingerprint density at radius 3 is 2.41 bits per heavy atom. The minimum atomic E-state index is -4.06. The van der Waals surface area contributed by atoms with Gasteiger partial charge in [0.25, 0.3) is 0 Å². The maximum atomic E-state index is 12.8. The minimum absolute atomic E-state index is 0.0628. The van der Waals surface area contributed by atoms with E-state index in [0.717, 1.165) is 37.1 Å². The average molecular weight is 472 g/mol. The van der Waals surface area contributed by atoms with Crippen LogP contribution in [0.3, 0.4) is 0 Å². The number of ether oxygens (including phenoxy) is 1. The highest BCUT2D eigenvalue weighted by Crippen LogP contribution is 2.31. The molecule has 0 atom stereocenters. The standard InChI is InChI=1S/C25H26ClNO4S/c26-23-8-4-5-9-25(23)32(28,29)31-22-11-10-21(16-19-6-2-1-3-7-19)24(17-22)30-18-20-12-14-27-15-13-20/h1-11,17,20,27H,12-16,18H2. The lowest BCUT2D eigenvalue weighted by molar-refractivity contribution is 0.213. The lowest BCUT2D eigenvalue weighted by Gasteiger charge is -2.23. The van der Waals surface area contributed by atoms with Gasteiger partial charge in [-0.3, -0.25) is 0 Å². The number of piperidine rings is 1. The molecule has 1 N–H and O–H groups in total. The average Bonchev–Trinajstić information content (AvgIpc) is 2.80. The third-order valence-corrected chi connectivity index (χ3v) is 7.27. The molecule has 168 valence electrons. The van der Waals surface area contributed by atoms with Gasteiger partial charge in [-0.05, 0) is 61.2 Å². The molecule has 0 saturated carbocycles. The molecule has 1 aliphatic rings. The van der Waals surface area contributed by atoms with Gasteiger partial charge in [0, 0.05) is 12.5 Å². The van der Waals surface area contributed by atoms with Crippen LogP contribution >= 0.6 is 11.6 Å². The van der Waals surface area contributed by atoms with E-state index >= 15 is 0 Å². The van der Waals surface area contributed by atoms with E-state index in [-0.39, 0.29) is 15.7 Å². The maximum absolute atomic E-state index is 12.8. The van der Waals surface area contributed by atoms with Crippen LogP contribution in [0.2, 0.25) is 5.02 Å². The van der Waals surface area contributed by atoms with E-state index in [4.69, 9.17) is 20.5 Å². The van der Waals surface area contributed by atoms with Crippen LogP contribution in [0.15, 0.2) is 77.7 Å². The summed E-state index contributed by atoms with van der Waals surface area (Å²) < 4.78 is 37.1. The van der Waals surface area contributed by atoms with E-state index in [1.807, 2.05) is 24.3 Å². The minimum Gasteiger partial charge on any atom is -0.493 e. The second kappa shape index (κ2) is 10.4. The van der Waals surface area contributed by atoms with Crippen molar-refractivity contribution in [2.75, 3.05) is 19.7 Å². The summed E-state index contributed by atoms with van der Waals surface area (Å²) in [5.41, 5.74) is 2.13. The molecular formula is C25H26ClNO4S. The van der Waals surface area contributed by atoms with Crippen LogP contribution in [-0.2, 0) is 16.5 Å². The van der Waals surface area contributed by atoms with Gasteiger partial charge in [-0.1, -0.05) is 60.1 Å². The van der Waals surface area contributed by atoms with Crippen LogP contribution in [-0.4, -0.2) is 28.1 Å². The molecule has 0 spiro atoms. The Morgan fingerprint density at radius 2 is 1.66 bits per heavy atom. The van der Waals surface area contributed by atoms with Crippen molar-refractivity contribution in [2.45, 2.75) is 24.2 Å². The van der Waals surface area contributed by atoms with Crippen molar-refractivity contribution >= 4 is 21.7 Å². The fourth-order valence-electron chi connectivity index (χ4n) is 3.76. The van der Waals surface area contributed by atoms with E-state index in [1.54, 1.807) is 24.3 Å². The molecule has 0 amide bonds. The molecule has 7 heteroatoms. The molecule has 32 heavy (non-hydrogen) atoms. The van der Waals surface area contributed by atoms with Crippen LogP contribution in [0, 0.1) is 5.92 Å². The molecule has 0 unspecified atom stereocenters. The summed E-state index contributed by atoms with van der Waals surface area (Å²) >= 11 is 6.07. The molecular weight excluding hydrogens is 446 g/mol. The normalized spacial score (nSPS) is 14.8. The molecule has 0 aromatic heterocycles. The Balaban J connectivity index is 1.58. The molecule has 3 aromatic carbocycles. The van der Waals surface area contributed by atoms with Crippen molar-refractivity contribution in [2.24, 2.45) is 5.92 Å². The molecule has 5 nitrogen and oxygen atoms in total. The van der Waals surface area contributed by atoms with Crippen LogP contribution in [0.4, 0.5) is 0 Å². The molecule has 1 aliphatic heterocycles. The quantitative estimate of drug-likeness (QED) is 0.464. The molecule has 1 fully saturated rings. The number of halogens is 1. The fourth-order valence-corrected chi connectivity index (χ4v) is 5.18. The monoisotopic (exact) mass is 471 g/mol. The zero-order valence-corrected chi connectivity index (χ0v) is 19.2. The van der Waals surface area contributed by atoms with E-state index in [2.05, 4.69) is 17.4 Å². The first kappa shape index (κ1) is 22.6. The largest absolute Gasteiger partial charge is 0.493 e. The van der Waals surface area contributed by atoms with Crippen molar-refractivity contribution in [1.82, 2.24) is 5.32 Å². The predicted molar refractivity (Wildman–Crippen MR) is 126 cm³/mol. The summed E-state index contributed by atoms with van der Waals surface area (Å²) in [6.07, 6.45) is 2.80. The van der Waals surface area contributed by atoms with Crippen LogP contribution < -0.4 is 14.2 Å². The van der Waals surface area contributed by atoms with Crippen LogP contribution in [0.5, 0.6) is 11.5 Å². The van der Waals surface area contributed by atoms with Gasteiger partial charge in [0.05, 0.1) is 11.6 Å². The summed E-state index contributed by atoms with van der Waals surface area (Å²) in [5.74, 6) is 1.30. The molecule has 1 saturated heterocycles. The second-order valence-electron chi connectivity index (χ2n) is 7.90. The van der Waals surface area contributed by atoms with Crippen molar-refractivity contribution in [3.63, 3.8) is 0 Å². The van der Waals surface area contributed by atoms with Gasteiger partial charge in [-0.2, -0.15) is 8.42 Å².